The molecule has 0 saturated carbocycles. The van der Waals surface area contributed by atoms with E-state index >= 15 is 0 Å². The van der Waals surface area contributed by atoms with Gasteiger partial charge in [-0.05, 0) is 40.2 Å². The molecular formula is C13H11BrClFN2O2. The van der Waals surface area contributed by atoms with Gasteiger partial charge in [0, 0.05) is 0 Å². The molecule has 0 atom stereocenters. The third-order valence-electron chi connectivity index (χ3n) is 2.57. The number of hydrogen-bond acceptors (Lipinski definition) is 4. The summed E-state index contributed by atoms with van der Waals surface area (Å²) in [4.78, 5) is 0. The first-order chi connectivity index (χ1) is 9.43. The highest BCUT2D eigenvalue weighted by Crippen LogP contribution is 2.40. The van der Waals surface area contributed by atoms with Crippen LogP contribution in [0.15, 0.2) is 28.7 Å². The van der Waals surface area contributed by atoms with Crippen LogP contribution >= 0.6 is 27.5 Å². The minimum absolute atomic E-state index is 0.0582. The van der Waals surface area contributed by atoms with Crippen molar-refractivity contribution < 1.29 is 13.9 Å². The Morgan fingerprint density at radius 3 is 2.50 bits per heavy atom. The maximum Gasteiger partial charge on any atom is 0.188 e. The summed E-state index contributed by atoms with van der Waals surface area (Å²) < 4.78 is 25.1. The maximum absolute atomic E-state index is 14.0. The molecule has 0 spiro atoms. The maximum atomic E-state index is 14.0. The van der Waals surface area contributed by atoms with Crippen LogP contribution in [0.1, 0.15) is 0 Å². The van der Waals surface area contributed by atoms with E-state index in [1.165, 1.54) is 6.07 Å². The van der Waals surface area contributed by atoms with Gasteiger partial charge in [-0.15, -0.1) is 0 Å². The van der Waals surface area contributed by atoms with E-state index in [2.05, 4.69) is 15.9 Å². The Balaban J connectivity index is 2.43. The predicted octanol–water partition coefficient (Wildman–Crippen LogP) is 4.21. The van der Waals surface area contributed by atoms with E-state index in [4.69, 9.17) is 32.5 Å². The van der Waals surface area contributed by atoms with Gasteiger partial charge in [0.2, 0.25) is 0 Å². The average molecular weight is 362 g/mol. The average Bonchev–Trinajstić information content (AvgIpc) is 2.42. The summed E-state index contributed by atoms with van der Waals surface area (Å²) in [7, 11) is 1.54. The second-order valence-corrected chi connectivity index (χ2v) is 5.14. The molecule has 0 fully saturated rings. The number of rotatable bonds is 3. The number of anilines is 2. The molecule has 0 aliphatic rings. The van der Waals surface area contributed by atoms with Crippen molar-refractivity contribution in [2.24, 2.45) is 0 Å². The lowest BCUT2D eigenvalue weighted by Gasteiger charge is -2.13. The molecule has 7 heteroatoms. The van der Waals surface area contributed by atoms with Crippen LogP contribution in [0.5, 0.6) is 17.2 Å². The minimum Gasteiger partial charge on any atom is -0.497 e. The lowest BCUT2D eigenvalue weighted by molar-refractivity contribution is 0.410. The quantitative estimate of drug-likeness (QED) is 0.804. The number of halogens is 3. The zero-order chi connectivity index (χ0) is 14.9. The van der Waals surface area contributed by atoms with E-state index < -0.39 is 5.82 Å². The first kappa shape index (κ1) is 14.7. The Morgan fingerprint density at radius 2 is 1.90 bits per heavy atom. The van der Waals surface area contributed by atoms with Crippen molar-refractivity contribution in [1.82, 2.24) is 0 Å². The fourth-order valence-electron chi connectivity index (χ4n) is 1.55. The number of ether oxygens (including phenoxy) is 2. The van der Waals surface area contributed by atoms with Gasteiger partial charge in [0.15, 0.2) is 11.6 Å². The van der Waals surface area contributed by atoms with Crippen LogP contribution in [0.4, 0.5) is 15.8 Å². The van der Waals surface area contributed by atoms with Crippen molar-refractivity contribution in [2.45, 2.75) is 0 Å². The normalized spacial score (nSPS) is 10.4. The zero-order valence-corrected chi connectivity index (χ0v) is 12.8. The second-order valence-electron chi connectivity index (χ2n) is 3.91. The third kappa shape index (κ3) is 2.76. The van der Waals surface area contributed by atoms with E-state index in [1.807, 2.05) is 0 Å². The molecule has 4 nitrogen and oxygen atoms in total. The largest absolute Gasteiger partial charge is 0.497 e. The summed E-state index contributed by atoms with van der Waals surface area (Å²) in [6.45, 7) is 0. The van der Waals surface area contributed by atoms with Gasteiger partial charge < -0.3 is 20.9 Å². The summed E-state index contributed by atoms with van der Waals surface area (Å²) in [5, 5.41) is -0.223. The second kappa shape index (κ2) is 5.76. The van der Waals surface area contributed by atoms with E-state index in [-0.39, 0.29) is 22.1 Å². The lowest BCUT2D eigenvalue weighted by atomic mass is 10.2. The predicted molar refractivity (Wildman–Crippen MR) is 81.0 cm³/mol. The number of methoxy groups -OCH3 is 1. The van der Waals surface area contributed by atoms with E-state index in [9.17, 15) is 4.39 Å². The van der Waals surface area contributed by atoms with Gasteiger partial charge in [-0.3, -0.25) is 0 Å². The first-order valence-electron chi connectivity index (χ1n) is 5.48. The molecule has 0 aromatic heterocycles. The molecule has 0 heterocycles. The van der Waals surface area contributed by atoms with Crippen LogP contribution in [0.25, 0.3) is 0 Å². The fraction of sp³-hybridized carbons (Fsp3) is 0.0769. The fourth-order valence-corrected chi connectivity index (χ4v) is 2.13. The van der Waals surface area contributed by atoms with Crippen molar-refractivity contribution in [1.29, 1.82) is 0 Å². The SMILES string of the molecule is COc1ccc(Oc2c(N)cc(N)c(Cl)c2F)c(Br)c1. The number of benzene rings is 2. The molecule has 106 valence electrons. The number of nitrogen functional groups attached to an aromatic ring is 2. The van der Waals surface area contributed by atoms with Crippen LogP contribution in [0, 0.1) is 5.82 Å². The number of nitrogens with two attached hydrogens (primary N) is 2. The van der Waals surface area contributed by atoms with Crippen LogP contribution in [-0.2, 0) is 0 Å². The zero-order valence-electron chi connectivity index (χ0n) is 10.4. The molecule has 2 rings (SSSR count). The van der Waals surface area contributed by atoms with Crippen molar-refractivity contribution >= 4 is 38.9 Å². The van der Waals surface area contributed by atoms with Crippen molar-refractivity contribution in [3.63, 3.8) is 0 Å². The Hall–Kier alpha value is -1.66. The van der Waals surface area contributed by atoms with Crippen LogP contribution in [-0.4, -0.2) is 7.11 Å². The standard InChI is InChI=1S/C13H11BrClFN2O2/c1-19-6-2-3-10(7(14)4-6)20-13-9(18)5-8(17)11(15)12(13)16/h2-5H,17-18H2,1H3. The summed E-state index contributed by atoms with van der Waals surface area (Å²) in [6.07, 6.45) is 0. The molecule has 0 saturated heterocycles. The molecule has 0 aliphatic heterocycles. The number of hydrogen-bond donors (Lipinski definition) is 2. The van der Waals surface area contributed by atoms with Crippen molar-refractivity contribution in [2.75, 3.05) is 18.6 Å². The topological polar surface area (TPSA) is 70.5 Å². The van der Waals surface area contributed by atoms with Gasteiger partial charge >= 0.3 is 0 Å². The van der Waals surface area contributed by atoms with Crippen molar-refractivity contribution in [3.8, 4) is 17.2 Å². The molecule has 2 aromatic rings. The smallest absolute Gasteiger partial charge is 0.188 e. The molecule has 0 unspecified atom stereocenters. The highest BCUT2D eigenvalue weighted by atomic mass is 79.9. The van der Waals surface area contributed by atoms with Gasteiger partial charge in [0.05, 0.1) is 23.0 Å². The van der Waals surface area contributed by atoms with Crippen molar-refractivity contribution in [3.05, 3.63) is 39.6 Å². The highest BCUT2D eigenvalue weighted by molar-refractivity contribution is 9.10. The Labute approximate surface area is 128 Å². The van der Waals surface area contributed by atoms with Gasteiger partial charge in [-0.2, -0.15) is 0 Å². The van der Waals surface area contributed by atoms with Crippen LogP contribution in [0.2, 0.25) is 5.02 Å². The minimum atomic E-state index is -0.799. The monoisotopic (exact) mass is 360 g/mol. The van der Waals surface area contributed by atoms with Crippen LogP contribution < -0.4 is 20.9 Å². The molecule has 2 aromatic carbocycles. The lowest BCUT2D eigenvalue weighted by Crippen LogP contribution is -2.00. The van der Waals surface area contributed by atoms with E-state index in [0.717, 1.165) is 0 Å². The van der Waals surface area contributed by atoms with Crippen LogP contribution in [0.3, 0.4) is 0 Å². The molecule has 4 N–H and O–H groups in total. The molecule has 0 aliphatic carbocycles. The van der Waals surface area contributed by atoms with Gasteiger partial charge in [0.25, 0.3) is 0 Å². The Bertz CT molecular complexity index is 667. The summed E-state index contributed by atoms with van der Waals surface area (Å²) in [5.41, 5.74) is 11.3. The van der Waals surface area contributed by atoms with E-state index in [1.54, 1.807) is 25.3 Å². The van der Waals surface area contributed by atoms with Gasteiger partial charge in [0.1, 0.15) is 16.5 Å². The van der Waals surface area contributed by atoms with Gasteiger partial charge in [-0.1, -0.05) is 11.6 Å². The molecule has 20 heavy (non-hydrogen) atoms. The molecule has 0 bridgehead atoms. The summed E-state index contributed by atoms with van der Waals surface area (Å²) in [6, 6.07) is 6.32. The molecule has 0 radical (unpaired) electrons. The highest BCUT2D eigenvalue weighted by Gasteiger charge is 2.17. The first-order valence-corrected chi connectivity index (χ1v) is 6.65. The summed E-state index contributed by atoms with van der Waals surface area (Å²) in [5.74, 6) is 0.0344. The molecule has 0 amide bonds. The van der Waals surface area contributed by atoms with Gasteiger partial charge in [-0.25, -0.2) is 4.39 Å². The summed E-state index contributed by atoms with van der Waals surface area (Å²) >= 11 is 9.04. The Morgan fingerprint density at radius 1 is 1.20 bits per heavy atom. The van der Waals surface area contributed by atoms with E-state index in [0.29, 0.717) is 16.0 Å². The molecular weight excluding hydrogens is 351 g/mol. The Kier molecular flexibility index (Phi) is 4.25. The third-order valence-corrected chi connectivity index (χ3v) is 3.57.